The van der Waals surface area contributed by atoms with Crippen LogP contribution in [0.2, 0.25) is 0 Å². The van der Waals surface area contributed by atoms with Crippen molar-refractivity contribution in [1.29, 1.82) is 0 Å². The van der Waals surface area contributed by atoms with E-state index < -0.39 is 12.1 Å². The minimum Gasteiger partial charge on any atom is -0.481 e. The van der Waals surface area contributed by atoms with Crippen molar-refractivity contribution in [1.82, 2.24) is 0 Å². The van der Waals surface area contributed by atoms with Crippen molar-refractivity contribution in [2.24, 2.45) is 0 Å². The van der Waals surface area contributed by atoms with Crippen LogP contribution in [0, 0.1) is 13.8 Å². The zero-order valence-electron chi connectivity index (χ0n) is 15.0. The van der Waals surface area contributed by atoms with E-state index in [2.05, 4.69) is 5.32 Å². The monoisotopic (exact) mass is 341 g/mol. The summed E-state index contributed by atoms with van der Waals surface area (Å²) in [6, 6.07) is 12.4. The Morgan fingerprint density at radius 3 is 2.48 bits per heavy atom. The number of esters is 1. The smallest absolute Gasteiger partial charge is 0.340 e. The van der Waals surface area contributed by atoms with Crippen molar-refractivity contribution in [2.75, 3.05) is 11.9 Å². The van der Waals surface area contributed by atoms with Gasteiger partial charge in [-0.3, -0.25) is 4.79 Å². The maximum atomic E-state index is 12.4. The SMILES string of the molecule is CCOC(=O)c1ccccc1NC(=O)[C@@H](C)Oc1ccc(C)c(C)c1. The molecule has 2 aromatic rings. The second-order valence-electron chi connectivity index (χ2n) is 5.76. The molecular weight excluding hydrogens is 318 g/mol. The minimum absolute atomic E-state index is 0.271. The topological polar surface area (TPSA) is 64.6 Å². The maximum Gasteiger partial charge on any atom is 0.340 e. The molecule has 2 rings (SSSR count). The molecule has 1 atom stereocenters. The molecule has 0 aromatic heterocycles. The summed E-state index contributed by atoms with van der Waals surface area (Å²) in [4.78, 5) is 24.4. The van der Waals surface area contributed by atoms with Crippen molar-refractivity contribution >= 4 is 17.6 Å². The van der Waals surface area contributed by atoms with Crippen LogP contribution in [-0.2, 0) is 9.53 Å². The molecule has 0 aliphatic rings. The van der Waals surface area contributed by atoms with E-state index in [0.29, 0.717) is 17.0 Å². The van der Waals surface area contributed by atoms with Gasteiger partial charge in [0.15, 0.2) is 6.10 Å². The van der Waals surface area contributed by atoms with E-state index in [4.69, 9.17) is 9.47 Å². The van der Waals surface area contributed by atoms with Gasteiger partial charge < -0.3 is 14.8 Å². The molecule has 5 nitrogen and oxygen atoms in total. The number of aryl methyl sites for hydroxylation is 2. The number of hydrogen-bond donors (Lipinski definition) is 1. The zero-order chi connectivity index (χ0) is 18.4. The molecule has 2 aromatic carbocycles. The maximum absolute atomic E-state index is 12.4. The largest absolute Gasteiger partial charge is 0.481 e. The van der Waals surface area contributed by atoms with E-state index in [1.807, 2.05) is 32.0 Å². The van der Waals surface area contributed by atoms with E-state index in [1.54, 1.807) is 38.1 Å². The molecule has 0 fully saturated rings. The molecule has 0 saturated heterocycles. The van der Waals surface area contributed by atoms with Gasteiger partial charge in [0.05, 0.1) is 17.9 Å². The van der Waals surface area contributed by atoms with Gasteiger partial charge in [-0.15, -0.1) is 0 Å². The predicted octanol–water partition coefficient (Wildman–Crippen LogP) is 3.89. The lowest BCUT2D eigenvalue weighted by molar-refractivity contribution is -0.122. The van der Waals surface area contributed by atoms with Crippen molar-refractivity contribution in [3.8, 4) is 5.75 Å². The van der Waals surface area contributed by atoms with Crippen molar-refractivity contribution in [2.45, 2.75) is 33.8 Å². The summed E-state index contributed by atoms with van der Waals surface area (Å²) in [7, 11) is 0. The predicted molar refractivity (Wildman–Crippen MR) is 97.0 cm³/mol. The molecule has 0 radical (unpaired) electrons. The molecule has 132 valence electrons. The lowest BCUT2D eigenvalue weighted by Crippen LogP contribution is -2.30. The highest BCUT2D eigenvalue weighted by Crippen LogP contribution is 2.20. The minimum atomic E-state index is -0.711. The molecule has 5 heteroatoms. The van der Waals surface area contributed by atoms with Crippen LogP contribution in [0.15, 0.2) is 42.5 Å². The van der Waals surface area contributed by atoms with Crippen LogP contribution in [0.1, 0.15) is 35.3 Å². The first-order valence-corrected chi connectivity index (χ1v) is 8.23. The van der Waals surface area contributed by atoms with Gasteiger partial charge >= 0.3 is 5.97 Å². The van der Waals surface area contributed by atoms with E-state index >= 15 is 0 Å². The van der Waals surface area contributed by atoms with Crippen LogP contribution in [0.4, 0.5) is 5.69 Å². The number of carbonyl (C=O) groups is 2. The Bertz CT molecular complexity index is 770. The Kier molecular flexibility index (Phi) is 6.17. The van der Waals surface area contributed by atoms with Gasteiger partial charge in [0, 0.05) is 0 Å². The number of para-hydroxylation sites is 1. The van der Waals surface area contributed by atoms with E-state index in [9.17, 15) is 9.59 Å². The highest BCUT2D eigenvalue weighted by Gasteiger charge is 2.19. The second-order valence-corrected chi connectivity index (χ2v) is 5.76. The van der Waals surface area contributed by atoms with E-state index in [-0.39, 0.29) is 12.5 Å². The molecule has 25 heavy (non-hydrogen) atoms. The summed E-state index contributed by atoms with van der Waals surface area (Å²) in [6.07, 6.45) is -0.711. The molecule has 0 heterocycles. The fraction of sp³-hybridized carbons (Fsp3) is 0.300. The Balaban J connectivity index is 2.08. The number of amides is 1. The molecular formula is C20H23NO4. The molecule has 1 amide bonds. The van der Waals surface area contributed by atoms with Crippen LogP contribution in [0.3, 0.4) is 0 Å². The molecule has 0 aliphatic carbocycles. The molecule has 0 aliphatic heterocycles. The van der Waals surface area contributed by atoms with Crippen LogP contribution < -0.4 is 10.1 Å². The number of nitrogens with one attached hydrogen (secondary N) is 1. The number of hydrogen-bond acceptors (Lipinski definition) is 4. The fourth-order valence-electron chi connectivity index (χ4n) is 2.26. The Morgan fingerprint density at radius 1 is 1.08 bits per heavy atom. The van der Waals surface area contributed by atoms with E-state index in [1.165, 1.54) is 0 Å². The molecule has 0 bridgehead atoms. The average molecular weight is 341 g/mol. The second kappa shape index (κ2) is 8.33. The third kappa shape index (κ3) is 4.83. The Morgan fingerprint density at radius 2 is 1.80 bits per heavy atom. The normalized spacial score (nSPS) is 11.5. The first kappa shape index (κ1) is 18.5. The van der Waals surface area contributed by atoms with Crippen molar-refractivity contribution < 1.29 is 19.1 Å². The molecule has 1 N–H and O–H groups in total. The lowest BCUT2D eigenvalue weighted by atomic mass is 10.1. The number of rotatable bonds is 6. The van der Waals surface area contributed by atoms with Gasteiger partial charge in [-0.2, -0.15) is 0 Å². The quantitative estimate of drug-likeness (QED) is 0.810. The summed E-state index contributed by atoms with van der Waals surface area (Å²) in [5.41, 5.74) is 2.98. The van der Waals surface area contributed by atoms with Gasteiger partial charge in [0.25, 0.3) is 5.91 Å². The lowest BCUT2D eigenvalue weighted by Gasteiger charge is -2.16. The Labute approximate surface area is 148 Å². The highest BCUT2D eigenvalue weighted by molar-refractivity contribution is 6.02. The average Bonchev–Trinajstić information content (AvgIpc) is 2.58. The number of benzene rings is 2. The van der Waals surface area contributed by atoms with Crippen LogP contribution >= 0.6 is 0 Å². The molecule has 0 unspecified atom stereocenters. The van der Waals surface area contributed by atoms with Gasteiger partial charge in [-0.05, 0) is 63.1 Å². The summed E-state index contributed by atoms with van der Waals surface area (Å²) in [5.74, 6) is -0.180. The summed E-state index contributed by atoms with van der Waals surface area (Å²) < 4.78 is 10.7. The van der Waals surface area contributed by atoms with Crippen LogP contribution in [0.5, 0.6) is 5.75 Å². The third-order valence-corrected chi connectivity index (χ3v) is 3.84. The number of ether oxygens (including phenoxy) is 2. The van der Waals surface area contributed by atoms with Gasteiger partial charge in [0.1, 0.15) is 5.75 Å². The first-order valence-electron chi connectivity index (χ1n) is 8.23. The molecule has 0 saturated carbocycles. The summed E-state index contributed by atoms with van der Waals surface area (Å²) in [5, 5.41) is 2.73. The highest BCUT2D eigenvalue weighted by atomic mass is 16.5. The van der Waals surface area contributed by atoms with Crippen LogP contribution in [0.25, 0.3) is 0 Å². The summed E-state index contributed by atoms with van der Waals surface area (Å²) >= 11 is 0. The third-order valence-electron chi connectivity index (χ3n) is 3.84. The number of carbonyl (C=O) groups excluding carboxylic acids is 2. The molecule has 0 spiro atoms. The fourth-order valence-corrected chi connectivity index (χ4v) is 2.26. The van der Waals surface area contributed by atoms with Gasteiger partial charge in [0.2, 0.25) is 0 Å². The Hall–Kier alpha value is -2.82. The van der Waals surface area contributed by atoms with Crippen LogP contribution in [-0.4, -0.2) is 24.6 Å². The standard InChI is InChI=1S/C20H23NO4/c1-5-24-20(23)17-8-6-7-9-18(17)21-19(22)15(4)25-16-11-10-13(2)14(3)12-16/h6-12,15H,5H2,1-4H3,(H,21,22)/t15-/m1/s1. The van der Waals surface area contributed by atoms with E-state index in [0.717, 1.165) is 11.1 Å². The van der Waals surface area contributed by atoms with Crippen molar-refractivity contribution in [3.05, 3.63) is 59.2 Å². The van der Waals surface area contributed by atoms with Gasteiger partial charge in [-0.25, -0.2) is 4.79 Å². The number of anilines is 1. The van der Waals surface area contributed by atoms with Crippen molar-refractivity contribution in [3.63, 3.8) is 0 Å². The summed E-state index contributed by atoms with van der Waals surface area (Å²) in [6.45, 7) is 7.67. The zero-order valence-corrected chi connectivity index (χ0v) is 15.0. The van der Waals surface area contributed by atoms with Gasteiger partial charge in [-0.1, -0.05) is 18.2 Å². The first-order chi connectivity index (χ1) is 11.9.